The molecule has 0 aliphatic rings. The van der Waals surface area contributed by atoms with E-state index < -0.39 is 47.8 Å². The number of sulfonamides is 3. The Balaban J connectivity index is 0.000000159. The van der Waals surface area contributed by atoms with E-state index in [2.05, 4.69) is 14.4 Å². The van der Waals surface area contributed by atoms with E-state index in [4.69, 9.17) is 57.8 Å². The van der Waals surface area contributed by atoms with Gasteiger partial charge in [-0.3, -0.25) is 14.4 Å². The van der Waals surface area contributed by atoms with Gasteiger partial charge in [-0.15, -0.1) is 0 Å². The number of aromatic nitrogens is 1. The fourth-order valence-corrected chi connectivity index (χ4v) is 15.4. The van der Waals surface area contributed by atoms with Gasteiger partial charge in [-0.2, -0.15) is 0 Å². The van der Waals surface area contributed by atoms with E-state index in [0.717, 1.165) is 115 Å². The summed E-state index contributed by atoms with van der Waals surface area (Å²) >= 11 is 18.7. The lowest BCUT2D eigenvalue weighted by Crippen LogP contribution is -2.31. The summed E-state index contributed by atoms with van der Waals surface area (Å²) in [6, 6.07) is 57.6. The Morgan fingerprint density at radius 1 is 0.400 bits per heavy atom. The van der Waals surface area contributed by atoms with Gasteiger partial charge in [0.05, 0.1) is 35.9 Å². The monoisotopic (exact) mass is 1530 g/mol. The molecular weight excluding hydrogens is 1460 g/mol. The molecule has 4 N–H and O–H groups in total. The van der Waals surface area contributed by atoms with Crippen LogP contribution in [0.4, 0.5) is 0 Å². The highest BCUT2D eigenvalue weighted by Gasteiger charge is 2.29. The fraction of sp³-hybridized carbons (Fsp3) is 0.198. The number of hydrogen-bond acceptors (Lipinski definition) is 14. The molecule has 0 saturated carbocycles. The van der Waals surface area contributed by atoms with Crippen LogP contribution in [0.3, 0.4) is 0 Å². The molecule has 0 unspecified atom stereocenters. The standard InChI is InChI=1S/2C30H26ClNO5S.C21H23ClN2O4S/c1-19-17-22(18-20(2)28(19)31)36-16-8-13-25-24-12-5-6-14-26(24)37-29(25)30(33)32-38(34,35)27-15-7-10-21-9-3-4-11-23(21)27;1-19-16-23(17-20(2)28(19)31)36-15-7-11-26-25-10-5-6-12-27(25)37-29(26)30(33)32-38(34,35)24-14-13-21-8-3-4-9-22(21)18-24;1-13-11-15(12-14(2)19(13)22)28-10-6-8-17-16-7-4-5-9-18(16)23-20(17)21(25)24-29(3,26)27/h3-7,9-12,14-15,17-18H,8,13,16H2,1-2H3,(H,32,33);3-6,8-10,12-14,16-18H,7,11,15H2,1-2H3,(H,32,33);4-5,7,9,11-12,23H,6,8,10H2,1-3H3,(H,24,25). The van der Waals surface area contributed by atoms with Crippen molar-refractivity contribution in [2.24, 2.45) is 0 Å². The summed E-state index contributed by atoms with van der Waals surface area (Å²) in [7, 11) is -11.9. The number of aromatic amines is 1. The quantitative estimate of drug-likeness (QED) is 0.0434. The molecule has 0 saturated heterocycles. The van der Waals surface area contributed by atoms with E-state index in [1.165, 1.54) is 12.1 Å². The number of para-hydroxylation sites is 3. The number of furan rings is 2. The molecule has 542 valence electrons. The molecule has 13 aromatic rings. The molecule has 0 aliphatic carbocycles. The van der Waals surface area contributed by atoms with Gasteiger partial charge in [0, 0.05) is 53.3 Å². The van der Waals surface area contributed by atoms with Crippen LogP contribution in [-0.4, -0.2) is 74.0 Å². The number of halogens is 3. The van der Waals surface area contributed by atoms with Gasteiger partial charge in [0.25, 0.3) is 26.0 Å². The van der Waals surface area contributed by atoms with Crippen LogP contribution >= 0.6 is 34.8 Å². The Morgan fingerprint density at radius 2 is 0.790 bits per heavy atom. The van der Waals surface area contributed by atoms with Crippen LogP contribution in [0.2, 0.25) is 15.1 Å². The fourth-order valence-electron chi connectivity index (χ4n) is 12.4. The molecule has 0 aliphatic heterocycles. The van der Waals surface area contributed by atoms with E-state index in [-0.39, 0.29) is 27.0 Å². The summed E-state index contributed by atoms with van der Waals surface area (Å²) in [5.41, 5.74) is 9.79. The minimum absolute atomic E-state index is 0.00385. The molecule has 0 radical (unpaired) electrons. The third-order valence-corrected chi connectivity index (χ3v) is 22.5. The molecule has 3 aromatic heterocycles. The summed E-state index contributed by atoms with van der Waals surface area (Å²) in [6.45, 7) is 12.8. The molecular formula is C81H75Cl3N4O14S3. The van der Waals surface area contributed by atoms with Gasteiger partial charge in [0.1, 0.15) is 34.1 Å². The van der Waals surface area contributed by atoms with E-state index in [1.54, 1.807) is 54.6 Å². The van der Waals surface area contributed by atoms with Crippen LogP contribution in [0.5, 0.6) is 17.2 Å². The predicted molar refractivity (Wildman–Crippen MR) is 414 cm³/mol. The van der Waals surface area contributed by atoms with Crippen molar-refractivity contribution in [1.29, 1.82) is 0 Å². The van der Waals surface area contributed by atoms with E-state index >= 15 is 0 Å². The number of aryl methyl sites for hydroxylation is 9. The van der Waals surface area contributed by atoms with Gasteiger partial charge < -0.3 is 28.0 Å². The highest BCUT2D eigenvalue weighted by atomic mass is 35.5. The van der Waals surface area contributed by atoms with Crippen molar-refractivity contribution in [2.45, 2.75) is 89.9 Å². The molecule has 18 nitrogen and oxygen atoms in total. The van der Waals surface area contributed by atoms with Crippen LogP contribution in [0.1, 0.15) is 101 Å². The topological polar surface area (TPSA) is 259 Å². The lowest BCUT2D eigenvalue weighted by Gasteiger charge is -2.11. The first kappa shape index (κ1) is 76.0. The molecule has 0 fully saturated rings. The van der Waals surface area contributed by atoms with Crippen LogP contribution < -0.4 is 28.4 Å². The van der Waals surface area contributed by atoms with Gasteiger partial charge in [-0.05, 0) is 208 Å². The smallest absolute Gasteiger partial charge is 0.301 e. The molecule has 10 aromatic carbocycles. The van der Waals surface area contributed by atoms with Crippen molar-refractivity contribution in [3.63, 3.8) is 0 Å². The zero-order valence-electron chi connectivity index (χ0n) is 58.4. The number of fused-ring (bicyclic) bond motifs is 5. The zero-order valence-corrected chi connectivity index (χ0v) is 63.1. The summed E-state index contributed by atoms with van der Waals surface area (Å²) in [4.78, 5) is 42.0. The van der Waals surface area contributed by atoms with E-state index in [0.29, 0.717) is 86.0 Å². The largest absolute Gasteiger partial charge is 0.494 e. The van der Waals surface area contributed by atoms with Crippen molar-refractivity contribution in [3.8, 4) is 17.2 Å². The number of nitrogens with one attached hydrogen (secondary N) is 4. The third kappa shape index (κ3) is 18.3. The lowest BCUT2D eigenvalue weighted by molar-refractivity contribution is 0.0947. The highest BCUT2D eigenvalue weighted by molar-refractivity contribution is 7.90. The Bertz CT molecular complexity index is 5750. The number of rotatable bonds is 23. The average Bonchev–Trinajstić information content (AvgIpc) is 1.61. The first-order valence-corrected chi connectivity index (χ1v) is 39.5. The number of benzene rings is 10. The zero-order chi connectivity index (χ0) is 74.9. The van der Waals surface area contributed by atoms with Crippen molar-refractivity contribution in [2.75, 3.05) is 26.1 Å². The SMILES string of the molecule is Cc1cc(OCCCc2c(C(=O)NS(=O)(=O)c3ccc4ccccc4c3)oc3ccccc23)cc(C)c1Cl.Cc1cc(OCCCc2c(C(=O)NS(=O)(=O)c3cccc4ccccc34)oc3ccccc23)cc(C)c1Cl.Cc1cc(OCCCc2c(C(=O)NS(C)(=O)=O)[nH]c3ccccc23)cc(C)c1Cl. The van der Waals surface area contributed by atoms with Gasteiger partial charge in [0.15, 0.2) is 11.5 Å². The molecule has 3 heterocycles. The summed E-state index contributed by atoms with van der Waals surface area (Å²) in [6.07, 6.45) is 4.25. The van der Waals surface area contributed by atoms with Gasteiger partial charge in [0.2, 0.25) is 10.0 Å². The van der Waals surface area contributed by atoms with Crippen molar-refractivity contribution in [3.05, 3.63) is 276 Å². The second kappa shape index (κ2) is 32.9. The minimum Gasteiger partial charge on any atom is -0.494 e. The van der Waals surface area contributed by atoms with Gasteiger partial charge in [-0.25, -0.2) is 39.4 Å². The maximum absolute atomic E-state index is 13.3. The van der Waals surface area contributed by atoms with Crippen molar-refractivity contribution in [1.82, 2.24) is 19.2 Å². The van der Waals surface area contributed by atoms with Crippen molar-refractivity contribution < 1.29 is 62.7 Å². The Hall–Kier alpha value is -10.1. The summed E-state index contributed by atoms with van der Waals surface area (Å²) < 4.78 is 111. The summed E-state index contributed by atoms with van der Waals surface area (Å²) in [5, 5.41) is 7.55. The Morgan fingerprint density at radius 3 is 1.27 bits per heavy atom. The normalized spacial score (nSPS) is 11.6. The van der Waals surface area contributed by atoms with Crippen LogP contribution in [-0.2, 0) is 49.3 Å². The molecule has 13 rings (SSSR count). The van der Waals surface area contributed by atoms with E-state index in [9.17, 15) is 39.6 Å². The first-order valence-electron chi connectivity index (χ1n) is 33.5. The lowest BCUT2D eigenvalue weighted by atomic mass is 10.1. The number of amides is 3. The number of carbonyl (C=O) groups excluding carboxylic acids is 3. The summed E-state index contributed by atoms with van der Waals surface area (Å²) in [5.74, 6) is -0.131. The number of H-pyrrole nitrogens is 1. The Labute approximate surface area is 624 Å². The average molecular weight is 1530 g/mol. The van der Waals surface area contributed by atoms with Crippen LogP contribution in [0, 0.1) is 41.5 Å². The molecule has 105 heavy (non-hydrogen) atoms. The Kier molecular flexibility index (Phi) is 23.8. The number of hydrogen-bond donors (Lipinski definition) is 4. The van der Waals surface area contributed by atoms with E-state index in [1.807, 2.05) is 174 Å². The predicted octanol–water partition coefficient (Wildman–Crippen LogP) is 18.1. The van der Waals surface area contributed by atoms with Crippen LogP contribution in [0.15, 0.2) is 213 Å². The second-order valence-electron chi connectivity index (χ2n) is 25.4. The van der Waals surface area contributed by atoms with Gasteiger partial charge in [-0.1, -0.05) is 156 Å². The molecule has 24 heteroatoms. The maximum Gasteiger partial charge on any atom is 0.301 e. The number of carbonyl (C=O) groups is 3. The van der Waals surface area contributed by atoms with Crippen molar-refractivity contribution >= 4 is 137 Å². The van der Waals surface area contributed by atoms with Gasteiger partial charge >= 0.3 is 11.8 Å². The second-order valence-corrected chi connectivity index (χ2v) is 31.6. The number of ether oxygens (including phenoxy) is 3. The maximum atomic E-state index is 13.3. The highest BCUT2D eigenvalue weighted by Crippen LogP contribution is 2.34. The molecule has 0 bridgehead atoms. The molecule has 3 amide bonds. The third-order valence-electron chi connectivity index (χ3n) is 17.4. The molecule has 0 atom stereocenters. The minimum atomic E-state index is -4.16. The first-order chi connectivity index (χ1) is 50.1. The van der Waals surface area contributed by atoms with Crippen LogP contribution in [0.25, 0.3) is 54.4 Å². The molecule has 0 spiro atoms.